The van der Waals surface area contributed by atoms with Gasteiger partial charge in [-0.3, -0.25) is 4.79 Å². The van der Waals surface area contributed by atoms with Gasteiger partial charge in [-0.2, -0.15) is 0 Å². The van der Waals surface area contributed by atoms with Gasteiger partial charge < -0.3 is 16.2 Å². The van der Waals surface area contributed by atoms with E-state index in [9.17, 15) is 9.90 Å². The zero-order chi connectivity index (χ0) is 12.5. The van der Waals surface area contributed by atoms with E-state index in [1.807, 2.05) is 30.3 Å². The van der Waals surface area contributed by atoms with Gasteiger partial charge >= 0.3 is 0 Å². The molecule has 92 valence electrons. The molecule has 0 bridgehead atoms. The SMILES string of the molecule is CC(N)(C(=O)NC1(CO)CC1)c1ccccc1. The van der Waals surface area contributed by atoms with Crippen molar-refractivity contribution in [3.05, 3.63) is 35.9 Å². The van der Waals surface area contributed by atoms with E-state index in [0.717, 1.165) is 18.4 Å². The van der Waals surface area contributed by atoms with E-state index in [-0.39, 0.29) is 12.5 Å². The van der Waals surface area contributed by atoms with Crippen LogP contribution < -0.4 is 11.1 Å². The van der Waals surface area contributed by atoms with Crippen molar-refractivity contribution in [3.63, 3.8) is 0 Å². The van der Waals surface area contributed by atoms with Crippen LogP contribution in [0.3, 0.4) is 0 Å². The topological polar surface area (TPSA) is 75.4 Å². The lowest BCUT2D eigenvalue weighted by molar-refractivity contribution is -0.127. The summed E-state index contributed by atoms with van der Waals surface area (Å²) in [7, 11) is 0. The molecule has 4 N–H and O–H groups in total. The highest BCUT2D eigenvalue weighted by Crippen LogP contribution is 2.35. The first-order chi connectivity index (χ1) is 8.00. The maximum absolute atomic E-state index is 12.1. The van der Waals surface area contributed by atoms with Gasteiger partial charge in [-0.05, 0) is 25.3 Å². The van der Waals surface area contributed by atoms with Crippen molar-refractivity contribution in [3.8, 4) is 0 Å². The number of benzene rings is 1. The molecule has 4 nitrogen and oxygen atoms in total. The maximum atomic E-state index is 12.1. The number of aliphatic hydroxyl groups is 1. The fraction of sp³-hybridized carbons (Fsp3) is 0.462. The Morgan fingerprint density at radius 3 is 2.53 bits per heavy atom. The first-order valence-electron chi connectivity index (χ1n) is 5.78. The third kappa shape index (κ3) is 2.33. The molecule has 1 fully saturated rings. The average Bonchev–Trinajstić information content (AvgIpc) is 3.10. The number of nitrogens with one attached hydrogen (secondary N) is 1. The minimum absolute atomic E-state index is 0.0242. The first-order valence-corrected chi connectivity index (χ1v) is 5.78. The number of aliphatic hydroxyl groups excluding tert-OH is 1. The van der Waals surface area contributed by atoms with Crippen molar-refractivity contribution in [1.82, 2.24) is 5.32 Å². The highest BCUT2D eigenvalue weighted by molar-refractivity contribution is 5.87. The molecule has 0 aromatic heterocycles. The molecule has 1 saturated carbocycles. The third-order valence-corrected chi connectivity index (χ3v) is 3.38. The molecule has 0 radical (unpaired) electrons. The molecule has 0 heterocycles. The van der Waals surface area contributed by atoms with Crippen LogP contribution in [0, 0.1) is 0 Å². The molecule has 1 atom stereocenters. The fourth-order valence-corrected chi connectivity index (χ4v) is 1.76. The Morgan fingerprint density at radius 1 is 1.47 bits per heavy atom. The van der Waals surface area contributed by atoms with E-state index in [4.69, 9.17) is 5.73 Å². The quantitative estimate of drug-likeness (QED) is 0.710. The average molecular weight is 234 g/mol. The van der Waals surface area contributed by atoms with Crippen molar-refractivity contribution in [1.29, 1.82) is 0 Å². The Bertz CT molecular complexity index is 411. The Hall–Kier alpha value is -1.39. The minimum Gasteiger partial charge on any atom is -0.394 e. The smallest absolute Gasteiger partial charge is 0.244 e. The minimum atomic E-state index is -1.06. The predicted molar refractivity (Wildman–Crippen MR) is 65.2 cm³/mol. The van der Waals surface area contributed by atoms with Gasteiger partial charge in [0.15, 0.2) is 0 Å². The predicted octanol–water partition coefficient (Wildman–Crippen LogP) is 0.502. The van der Waals surface area contributed by atoms with Crippen molar-refractivity contribution >= 4 is 5.91 Å². The first kappa shape index (κ1) is 12.1. The molecular weight excluding hydrogens is 216 g/mol. The highest BCUT2D eigenvalue weighted by Gasteiger charge is 2.46. The summed E-state index contributed by atoms with van der Waals surface area (Å²) < 4.78 is 0. The van der Waals surface area contributed by atoms with E-state index < -0.39 is 11.1 Å². The molecular formula is C13H18N2O2. The maximum Gasteiger partial charge on any atom is 0.244 e. The van der Waals surface area contributed by atoms with Crippen LogP contribution in [0.4, 0.5) is 0 Å². The van der Waals surface area contributed by atoms with Gasteiger partial charge in [-0.25, -0.2) is 0 Å². The van der Waals surface area contributed by atoms with Gasteiger partial charge in [0.1, 0.15) is 5.54 Å². The molecule has 1 amide bonds. The van der Waals surface area contributed by atoms with Crippen molar-refractivity contribution in [2.24, 2.45) is 5.73 Å². The monoisotopic (exact) mass is 234 g/mol. The summed E-state index contributed by atoms with van der Waals surface area (Å²) >= 11 is 0. The summed E-state index contributed by atoms with van der Waals surface area (Å²) in [5, 5.41) is 12.0. The number of nitrogens with two attached hydrogens (primary N) is 1. The van der Waals surface area contributed by atoms with E-state index in [2.05, 4.69) is 5.32 Å². The van der Waals surface area contributed by atoms with Gasteiger partial charge in [-0.1, -0.05) is 30.3 Å². The van der Waals surface area contributed by atoms with Crippen LogP contribution in [0.5, 0.6) is 0 Å². The van der Waals surface area contributed by atoms with Crippen molar-refractivity contribution in [2.45, 2.75) is 30.8 Å². The Balaban J connectivity index is 2.13. The zero-order valence-corrected chi connectivity index (χ0v) is 9.94. The number of carbonyl (C=O) groups excluding carboxylic acids is 1. The van der Waals surface area contributed by atoms with Crippen LogP contribution in [0.1, 0.15) is 25.3 Å². The summed E-state index contributed by atoms with van der Waals surface area (Å²) in [6.07, 6.45) is 1.64. The molecule has 4 heteroatoms. The lowest BCUT2D eigenvalue weighted by Gasteiger charge is -2.27. The molecule has 1 aromatic carbocycles. The van der Waals surface area contributed by atoms with E-state index in [0.29, 0.717) is 0 Å². The molecule has 1 aliphatic rings. The van der Waals surface area contributed by atoms with Gasteiger partial charge in [0.05, 0.1) is 12.1 Å². The second kappa shape index (κ2) is 4.13. The molecule has 1 unspecified atom stereocenters. The number of hydrogen-bond donors (Lipinski definition) is 3. The van der Waals surface area contributed by atoms with Crippen LogP contribution in [0.2, 0.25) is 0 Å². The summed E-state index contributed by atoms with van der Waals surface area (Å²) in [5.41, 5.74) is 5.36. The van der Waals surface area contributed by atoms with Crippen LogP contribution in [-0.4, -0.2) is 23.2 Å². The summed E-state index contributed by atoms with van der Waals surface area (Å²) in [6, 6.07) is 9.25. The number of carbonyl (C=O) groups is 1. The van der Waals surface area contributed by atoms with Gasteiger partial charge in [0, 0.05) is 0 Å². The van der Waals surface area contributed by atoms with Gasteiger partial charge in [0.2, 0.25) is 5.91 Å². The second-order valence-electron chi connectivity index (χ2n) is 4.96. The molecule has 0 aliphatic heterocycles. The molecule has 1 aromatic rings. The molecule has 0 saturated heterocycles. The normalized spacial score (nSPS) is 20.4. The lowest BCUT2D eigenvalue weighted by Crippen LogP contribution is -2.53. The molecule has 2 rings (SSSR count). The number of rotatable bonds is 4. The molecule has 17 heavy (non-hydrogen) atoms. The summed E-state index contributed by atoms with van der Waals surface area (Å²) in [4.78, 5) is 12.1. The van der Waals surface area contributed by atoms with Crippen molar-refractivity contribution in [2.75, 3.05) is 6.61 Å². The summed E-state index contributed by atoms with van der Waals surface area (Å²) in [5.74, 6) is -0.241. The van der Waals surface area contributed by atoms with E-state index in [1.54, 1.807) is 6.92 Å². The van der Waals surface area contributed by atoms with Gasteiger partial charge in [-0.15, -0.1) is 0 Å². The van der Waals surface area contributed by atoms with E-state index >= 15 is 0 Å². The standard InChI is InChI=1S/C13H18N2O2/c1-12(14,10-5-3-2-4-6-10)11(17)15-13(9-16)7-8-13/h2-6,16H,7-9,14H2,1H3,(H,15,17). The number of hydrogen-bond acceptors (Lipinski definition) is 3. The number of amides is 1. The fourth-order valence-electron chi connectivity index (χ4n) is 1.76. The van der Waals surface area contributed by atoms with Gasteiger partial charge in [0.25, 0.3) is 0 Å². The van der Waals surface area contributed by atoms with Crippen LogP contribution in [0.25, 0.3) is 0 Å². The van der Waals surface area contributed by atoms with Crippen LogP contribution >= 0.6 is 0 Å². The largest absolute Gasteiger partial charge is 0.394 e. The Labute approximate surface area is 101 Å². The lowest BCUT2D eigenvalue weighted by atomic mass is 9.92. The highest BCUT2D eigenvalue weighted by atomic mass is 16.3. The van der Waals surface area contributed by atoms with Crippen LogP contribution in [-0.2, 0) is 10.3 Å². The molecule has 0 spiro atoms. The Kier molecular flexibility index (Phi) is 2.93. The third-order valence-electron chi connectivity index (χ3n) is 3.38. The Morgan fingerprint density at radius 2 is 2.06 bits per heavy atom. The second-order valence-corrected chi connectivity index (χ2v) is 4.96. The van der Waals surface area contributed by atoms with Crippen molar-refractivity contribution < 1.29 is 9.90 Å². The zero-order valence-electron chi connectivity index (χ0n) is 9.94. The van der Waals surface area contributed by atoms with E-state index in [1.165, 1.54) is 0 Å². The van der Waals surface area contributed by atoms with Crippen LogP contribution in [0.15, 0.2) is 30.3 Å². The summed E-state index contributed by atoms with van der Waals surface area (Å²) in [6.45, 7) is 1.66. The molecule has 1 aliphatic carbocycles.